The first-order chi connectivity index (χ1) is 22.2. The number of methoxy groups -OCH3 is 1. The van der Waals surface area contributed by atoms with Crippen LogP contribution in [0, 0.1) is 6.92 Å². The molecule has 2 aliphatic rings. The van der Waals surface area contributed by atoms with E-state index >= 15 is 0 Å². The Balaban J connectivity index is 1.35. The minimum atomic E-state index is -0.361. The predicted octanol–water partition coefficient (Wildman–Crippen LogP) is 7.60. The highest BCUT2D eigenvalue weighted by molar-refractivity contribution is 7.98. The maximum absolute atomic E-state index is 13.3. The number of hydrogen-bond acceptors (Lipinski definition) is 7. The van der Waals surface area contributed by atoms with Gasteiger partial charge in [0.05, 0.1) is 35.6 Å². The third-order valence-corrected chi connectivity index (χ3v) is 11.7. The van der Waals surface area contributed by atoms with Gasteiger partial charge in [-0.15, -0.1) is 23.5 Å². The Labute approximate surface area is 282 Å². The zero-order valence-corrected chi connectivity index (χ0v) is 29.3. The molecule has 0 N–H and O–H groups in total. The largest absolute Gasteiger partial charge is 0.494 e. The molecule has 240 valence electrons. The number of aromatic nitrogens is 5. The first-order valence-corrected chi connectivity index (χ1v) is 18.2. The SMILES string of the molecule is COC(=O)c1c2c3ccc(Cl)c(c3n1C)-c1c(nn(C)c1C)CSCc1cc(n(C)n1)CSc1cc(cc3c1CCC3)OCCC2. The number of aryl methyl sites for hydroxylation is 5. The van der Waals surface area contributed by atoms with Crippen molar-refractivity contribution >= 4 is 52.0 Å². The molecule has 3 aromatic heterocycles. The minimum absolute atomic E-state index is 0.361. The molecule has 8 nitrogen and oxygen atoms in total. The topological polar surface area (TPSA) is 76.1 Å². The summed E-state index contributed by atoms with van der Waals surface area (Å²) < 4.78 is 17.6. The van der Waals surface area contributed by atoms with Crippen LogP contribution in [0.5, 0.6) is 5.75 Å². The van der Waals surface area contributed by atoms with Gasteiger partial charge in [0, 0.05) is 71.2 Å². The van der Waals surface area contributed by atoms with Crippen LogP contribution >= 0.6 is 35.1 Å². The molecule has 0 radical (unpaired) electrons. The molecule has 0 amide bonds. The fraction of sp³-hybridized carbons (Fsp3) is 0.400. The number of benzene rings is 2. The van der Waals surface area contributed by atoms with Crippen LogP contribution in [0.3, 0.4) is 0 Å². The average molecular weight is 676 g/mol. The number of halogens is 1. The van der Waals surface area contributed by atoms with Crippen molar-refractivity contribution in [2.24, 2.45) is 21.1 Å². The lowest BCUT2D eigenvalue weighted by Gasteiger charge is -2.13. The van der Waals surface area contributed by atoms with E-state index in [1.54, 1.807) is 11.8 Å². The Morgan fingerprint density at radius 3 is 2.61 bits per heavy atom. The van der Waals surface area contributed by atoms with E-state index in [-0.39, 0.29) is 5.97 Å². The van der Waals surface area contributed by atoms with Crippen LogP contribution in [0.1, 0.15) is 62.8 Å². The molecule has 0 saturated heterocycles. The fourth-order valence-corrected chi connectivity index (χ4v) is 9.30. The molecule has 11 heteroatoms. The molecule has 4 heterocycles. The molecule has 46 heavy (non-hydrogen) atoms. The summed E-state index contributed by atoms with van der Waals surface area (Å²) in [6.07, 6.45) is 4.79. The van der Waals surface area contributed by atoms with E-state index in [9.17, 15) is 4.79 Å². The molecule has 1 aliphatic heterocycles. The van der Waals surface area contributed by atoms with Gasteiger partial charge >= 0.3 is 5.97 Å². The molecule has 7 rings (SSSR count). The maximum Gasteiger partial charge on any atom is 0.354 e. The van der Waals surface area contributed by atoms with E-state index in [1.165, 1.54) is 35.2 Å². The number of hydrogen-bond donors (Lipinski definition) is 0. The van der Waals surface area contributed by atoms with Crippen LogP contribution < -0.4 is 4.74 Å². The normalized spacial score (nSPS) is 15.3. The van der Waals surface area contributed by atoms with Gasteiger partial charge in [-0.3, -0.25) is 9.36 Å². The van der Waals surface area contributed by atoms with Gasteiger partial charge < -0.3 is 14.0 Å². The molecular weight excluding hydrogens is 638 g/mol. The van der Waals surface area contributed by atoms with Crippen LogP contribution in [0.15, 0.2) is 35.2 Å². The Bertz CT molecular complexity index is 1990. The zero-order chi connectivity index (χ0) is 32.1. The van der Waals surface area contributed by atoms with Gasteiger partial charge in [-0.1, -0.05) is 17.7 Å². The van der Waals surface area contributed by atoms with Crippen molar-refractivity contribution in [2.45, 2.75) is 61.2 Å². The smallest absolute Gasteiger partial charge is 0.354 e. The lowest BCUT2D eigenvalue weighted by molar-refractivity contribution is 0.0589. The van der Waals surface area contributed by atoms with E-state index in [0.29, 0.717) is 29.5 Å². The molecular formula is C35H38ClN5O3S2. The van der Waals surface area contributed by atoms with Crippen molar-refractivity contribution in [3.8, 4) is 16.9 Å². The number of esters is 1. The van der Waals surface area contributed by atoms with Crippen LogP contribution in [-0.4, -0.2) is 43.8 Å². The van der Waals surface area contributed by atoms with E-state index in [0.717, 1.165) is 81.2 Å². The van der Waals surface area contributed by atoms with E-state index < -0.39 is 0 Å². The van der Waals surface area contributed by atoms with Gasteiger partial charge in [0.1, 0.15) is 11.4 Å². The van der Waals surface area contributed by atoms with Crippen molar-refractivity contribution < 1.29 is 14.3 Å². The standard InChI is InChI=1S/C35H38ClN5O3S2/c1-20-31-29(38-40(20)3)19-45-17-22-15-23(41(4)37-22)18-46-30-16-24(14-21-8-6-9-25(21)30)44-13-7-10-26-27-11-12-28(36)32(31)33(27)39(2)34(26)35(42)43-5/h11-12,14-16H,6-10,13,17-19H2,1-5H3. The summed E-state index contributed by atoms with van der Waals surface area (Å²) in [5, 5.41) is 11.4. The van der Waals surface area contributed by atoms with Gasteiger partial charge in [-0.2, -0.15) is 10.2 Å². The summed E-state index contributed by atoms with van der Waals surface area (Å²) in [6.45, 7) is 2.61. The fourth-order valence-electron chi connectivity index (χ4n) is 7.02. The number of nitrogens with zero attached hydrogens (tertiary/aromatic N) is 5. The second kappa shape index (κ2) is 12.7. The lowest BCUT2D eigenvalue weighted by Crippen LogP contribution is -2.11. The molecule has 0 atom stereocenters. The van der Waals surface area contributed by atoms with Crippen molar-refractivity contribution in [1.82, 2.24) is 24.1 Å². The Hall–Kier alpha value is -3.34. The summed E-state index contributed by atoms with van der Waals surface area (Å²) in [7, 11) is 7.36. The van der Waals surface area contributed by atoms with E-state index in [4.69, 9.17) is 31.3 Å². The van der Waals surface area contributed by atoms with Gasteiger partial charge in [-0.05, 0) is 80.0 Å². The summed E-state index contributed by atoms with van der Waals surface area (Å²) >= 11 is 10.7. The van der Waals surface area contributed by atoms with Crippen LogP contribution in [-0.2, 0) is 62.4 Å². The van der Waals surface area contributed by atoms with Gasteiger partial charge in [0.2, 0.25) is 0 Å². The highest BCUT2D eigenvalue weighted by Gasteiger charge is 2.28. The highest BCUT2D eigenvalue weighted by atomic mass is 35.5. The number of carbonyl (C=O) groups is 1. The number of fused-ring (bicyclic) bond motifs is 8. The van der Waals surface area contributed by atoms with E-state index in [1.807, 2.05) is 59.0 Å². The second-order valence-electron chi connectivity index (χ2n) is 12.1. The van der Waals surface area contributed by atoms with Gasteiger partial charge in [0.15, 0.2) is 0 Å². The van der Waals surface area contributed by atoms with Crippen molar-refractivity contribution in [3.05, 3.63) is 80.5 Å². The molecule has 0 saturated carbocycles. The van der Waals surface area contributed by atoms with E-state index in [2.05, 4.69) is 25.1 Å². The molecule has 1 aliphatic carbocycles. The van der Waals surface area contributed by atoms with Crippen molar-refractivity contribution in [2.75, 3.05) is 13.7 Å². The Morgan fingerprint density at radius 1 is 0.957 bits per heavy atom. The third kappa shape index (κ3) is 5.52. The number of carbonyl (C=O) groups excluding carboxylic acids is 1. The zero-order valence-electron chi connectivity index (χ0n) is 26.9. The van der Waals surface area contributed by atoms with Crippen LogP contribution in [0.2, 0.25) is 5.02 Å². The molecule has 0 spiro atoms. The predicted molar refractivity (Wildman–Crippen MR) is 186 cm³/mol. The monoisotopic (exact) mass is 675 g/mol. The maximum atomic E-state index is 13.3. The van der Waals surface area contributed by atoms with Crippen LogP contribution in [0.4, 0.5) is 0 Å². The van der Waals surface area contributed by atoms with Crippen molar-refractivity contribution in [1.29, 1.82) is 0 Å². The third-order valence-electron chi connectivity index (χ3n) is 9.32. The second-order valence-corrected chi connectivity index (χ2v) is 14.5. The number of rotatable bonds is 1. The summed E-state index contributed by atoms with van der Waals surface area (Å²) in [5.74, 6) is 2.87. The summed E-state index contributed by atoms with van der Waals surface area (Å²) in [4.78, 5) is 14.6. The van der Waals surface area contributed by atoms with Gasteiger partial charge in [0.25, 0.3) is 0 Å². The molecule has 5 aromatic rings. The highest BCUT2D eigenvalue weighted by Crippen LogP contribution is 2.43. The molecule has 2 aromatic carbocycles. The number of ether oxygens (including phenoxy) is 2. The quantitative estimate of drug-likeness (QED) is 0.169. The first kappa shape index (κ1) is 31.3. The molecule has 0 unspecified atom stereocenters. The first-order valence-electron chi connectivity index (χ1n) is 15.7. The summed E-state index contributed by atoms with van der Waals surface area (Å²) in [5.41, 5.74) is 11.4. The number of thioether (sulfide) groups is 2. The summed E-state index contributed by atoms with van der Waals surface area (Å²) in [6, 6.07) is 10.6. The Kier molecular flexibility index (Phi) is 8.63. The van der Waals surface area contributed by atoms with Crippen molar-refractivity contribution in [3.63, 3.8) is 0 Å². The van der Waals surface area contributed by atoms with Gasteiger partial charge in [-0.25, -0.2) is 4.79 Å². The molecule has 8 bridgehead atoms. The molecule has 0 fully saturated rings. The van der Waals surface area contributed by atoms with Crippen LogP contribution in [0.25, 0.3) is 22.0 Å². The minimum Gasteiger partial charge on any atom is -0.494 e. The Morgan fingerprint density at radius 2 is 1.78 bits per heavy atom. The lowest BCUT2D eigenvalue weighted by atomic mass is 9.98. The average Bonchev–Trinajstić information content (AvgIpc) is 3.79.